The van der Waals surface area contributed by atoms with Crippen LogP contribution in [0.25, 0.3) is 44.0 Å². The van der Waals surface area contributed by atoms with Crippen molar-refractivity contribution in [2.24, 2.45) is 0 Å². The molecule has 37 heavy (non-hydrogen) atoms. The van der Waals surface area contributed by atoms with Crippen LogP contribution in [0.2, 0.25) is 0 Å². The Labute approximate surface area is 212 Å². The maximum atomic E-state index is 13.9. The predicted molar refractivity (Wildman–Crippen MR) is 142 cm³/mol. The zero-order valence-electron chi connectivity index (χ0n) is 19.9. The van der Waals surface area contributed by atoms with Gasteiger partial charge in [0.15, 0.2) is 11.2 Å². The molecule has 186 valence electrons. The molecular formula is C28H22FN3O4S. The summed E-state index contributed by atoms with van der Waals surface area (Å²) in [6, 6.07) is 11.1. The standard InChI is InChI=1S/C28H22FN3O4S/c1-3-16-8-9-21-24(10-16)31-28-26(21)27(33)23-12-17(4-2)22(13-25(23)32(28)19-6-5-7-19)18-11-20(15-30-14-18)36-37(29,34)35/h1,8-15,19,31H,4-7H2,2H3. The number of terminal acetylenes is 1. The van der Waals surface area contributed by atoms with E-state index in [2.05, 4.69) is 24.6 Å². The lowest BCUT2D eigenvalue weighted by Crippen LogP contribution is -2.21. The molecular weight excluding hydrogens is 493 g/mol. The molecule has 0 aliphatic heterocycles. The first-order valence-corrected chi connectivity index (χ1v) is 13.3. The molecule has 1 N–H and O–H groups in total. The van der Waals surface area contributed by atoms with Crippen molar-refractivity contribution >= 4 is 43.3 Å². The third-order valence-corrected chi connectivity index (χ3v) is 7.57. The summed E-state index contributed by atoms with van der Waals surface area (Å²) in [6.45, 7) is 1.97. The molecule has 3 heterocycles. The highest BCUT2D eigenvalue weighted by Crippen LogP contribution is 2.39. The number of pyridine rings is 2. The molecule has 1 saturated carbocycles. The van der Waals surface area contributed by atoms with Crippen molar-refractivity contribution in [3.8, 4) is 29.2 Å². The summed E-state index contributed by atoms with van der Waals surface area (Å²) in [5.41, 5.74) is 5.18. The summed E-state index contributed by atoms with van der Waals surface area (Å²) in [6.07, 6.45) is 12.0. The van der Waals surface area contributed by atoms with Crippen LogP contribution in [-0.4, -0.2) is 23.0 Å². The first kappa shape index (κ1) is 23.3. The number of H-pyrrole nitrogens is 1. The van der Waals surface area contributed by atoms with Gasteiger partial charge in [-0.1, -0.05) is 22.8 Å². The molecule has 0 atom stereocenters. The van der Waals surface area contributed by atoms with E-state index in [9.17, 15) is 17.1 Å². The maximum absolute atomic E-state index is 13.9. The molecule has 1 aliphatic carbocycles. The number of rotatable bonds is 5. The van der Waals surface area contributed by atoms with Crippen molar-refractivity contribution in [3.63, 3.8) is 0 Å². The Bertz CT molecular complexity index is 1950. The van der Waals surface area contributed by atoms with Crippen LogP contribution in [0, 0.1) is 12.3 Å². The molecule has 3 aromatic heterocycles. The van der Waals surface area contributed by atoms with Crippen LogP contribution in [0.1, 0.15) is 43.4 Å². The Hall–Kier alpha value is -4.16. The minimum Gasteiger partial charge on any atom is -0.357 e. The number of nitrogens with zero attached hydrogens (tertiary/aromatic N) is 2. The molecule has 1 aliphatic rings. The van der Waals surface area contributed by atoms with Gasteiger partial charge < -0.3 is 13.7 Å². The summed E-state index contributed by atoms with van der Waals surface area (Å²) >= 11 is 0. The predicted octanol–water partition coefficient (Wildman–Crippen LogP) is 5.56. The third kappa shape index (κ3) is 3.85. The van der Waals surface area contributed by atoms with Gasteiger partial charge in [0.05, 0.1) is 17.1 Å². The van der Waals surface area contributed by atoms with Gasteiger partial charge in [-0.3, -0.25) is 9.78 Å². The SMILES string of the molecule is C#Cc1ccc2c(c1)[nH]c1c2c(=O)c2cc(CC)c(-c3cncc(OS(=O)(=O)F)c3)cc2n1C1CCC1. The largest absolute Gasteiger partial charge is 0.488 e. The molecule has 9 heteroatoms. The number of halogens is 1. The van der Waals surface area contributed by atoms with E-state index in [-0.39, 0.29) is 17.2 Å². The van der Waals surface area contributed by atoms with Crippen molar-refractivity contribution in [2.75, 3.05) is 0 Å². The van der Waals surface area contributed by atoms with Crippen molar-refractivity contribution in [3.05, 3.63) is 70.1 Å². The first-order valence-electron chi connectivity index (χ1n) is 12.0. The van der Waals surface area contributed by atoms with Crippen LogP contribution >= 0.6 is 0 Å². The summed E-state index contributed by atoms with van der Waals surface area (Å²) in [5, 5.41) is 2.07. The quantitative estimate of drug-likeness (QED) is 0.244. The number of hydrogen-bond donors (Lipinski definition) is 1. The van der Waals surface area contributed by atoms with Gasteiger partial charge in [-0.25, -0.2) is 0 Å². The van der Waals surface area contributed by atoms with E-state index in [1.54, 1.807) is 6.20 Å². The van der Waals surface area contributed by atoms with Crippen LogP contribution in [0.15, 0.2) is 53.6 Å². The number of hydrogen-bond acceptors (Lipinski definition) is 5. The zero-order chi connectivity index (χ0) is 25.9. The molecule has 5 aromatic rings. The van der Waals surface area contributed by atoms with Crippen molar-refractivity contribution in [1.82, 2.24) is 14.5 Å². The maximum Gasteiger partial charge on any atom is 0.488 e. The normalized spacial score (nSPS) is 14.2. The van der Waals surface area contributed by atoms with E-state index in [0.717, 1.165) is 64.2 Å². The number of benzene rings is 2. The lowest BCUT2D eigenvalue weighted by atomic mass is 9.90. The van der Waals surface area contributed by atoms with Gasteiger partial charge in [-0.05, 0) is 67.1 Å². The Morgan fingerprint density at radius 2 is 2.00 bits per heavy atom. The highest BCUT2D eigenvalue weighted by Gasteiger charge is 2.26. The van der Waals surface area contributed by atoms with Crippen LogP contribution in [0.4, 0.5) is 3.89 Å². The molecule has 0 spiro atoms. The van der Waals surface area contributed by atoms with Gasteiger partial charge in [0.1, 0.15) is 5.65 Å². The molecule has 6 rings (SSSR count). The van der Waals surface area contributed by atoms with E-state index < -0.39 is 10.5 Å². The monoisotopic (exact) mass is 515 g/mol. The topological polar surface area (TPSA) is 94.1 Å². The summed E-state index contributed by atoms with van der Waals surface area (Å²) in [4.78, 5) is 21.4. The zero-order valence-corrected chi connectivity index (χ0v) is 20.7. The van der Waals surface area contributed by atoms with Gasteiger partial charge in [0.25, 0.3) is 0 Å². The summed E-state index contributed by atoms with van der Waals surface area (Å²) in [5.74, 6) is 2.42. The number of fused-ring (bicyclic) bond motifs is 4. The second-order valence-corrected chi connectivity index (χ2v) is 10.3. The number of aromatic amines is 1. The van der Waals surface area contributed by atoms with Crippen molar-refractivity contribution in [2.45, 2.75) is 38.6 Å². The molecule has 0 amide bonds. The smallest absolute Gasteiger partial charge is 0.357 e. The number of nitrogens with one attached hydrogen (secondary N) is 1. The Morgan fingerprint density at radius 3 is 2.68 bits per heavy atom. The minimum atomic E-state index is -5.19. The second kappa shape index (κ2) is 8.46. The van der Waals surface area contributed by atoms with Gasteiger partial charge >= 0.3 is 10.5 Å². The van der Waals surface area contributed by atoms with Gasteiger partial charge in [0, 0.05) is 39.7 Å². The third-order valence-electron chi connectivity index (χ3n) is 7.18. The number of aromatic nitrogens is 3. The van der Waals surface area contributed by atoms with Crippen molar-refractivity contribution in [1.29, 1.82) is 0 Å². The molecule has 0 bridgehead atoms. The van der Waals surface area contributed by atoms with Crippen LogP contribution in [-0.2, 0) is 16.9 Å². The van der Waals surface area contributed by atoms with Gasteiger partial charge in [0.2, 0.25) is 0 Å². The molecule has 2 aromatic carbocycles. The summed E-state index contributed by atoms with van der Waals surface area (Å²) in [7, 11) is -5.19. The van der Waals surface area contributed by atoms with E-state index in [4.69, 9.17) is 6.42 Å². The average molecular weight is 516 g/mol. The van der Waals surface area contributed by atoms with E-state index in [1.807, 2.05) is 37.3 Å². The fraction of sp³-hybridized carbons (Fsp3) is 0.214. The fourth-order valence-electron chi connectivity index (χ4n) is 5.27. The van der Waals surface area contributed by atoms with Crippen LogP contribution in [0.3, 0.4) is 0 Å². The van der Waals surface area contributed by atoms with Crippen LogP contribution < -0.4 is 9.61 Å². The first-order chi connectivity index (χ1) is 17.8. The lowest BCUT2D eigenvalue weighted by molar-refractivity contribution is 0.327. The highest BCUT2D eigenvalue weighted by molar-refractivity contribution is 7.81. The molecule has 0 saturated heterocycles. The van der Waals surface area contributed by atoms with Gasteiger partial charge in [-0.15, -0.1) is 6.42 Å². The Morgan fingerprint density at radius 1 is 1.19 bits per heavy atom. The molecule has 0 radical (unpaired) electrons. The Balaban J connectivity index is 1.68. The van der Waals surface area contributed by atoms with Gasteiger partial charge in [-0.2, -0.15) is 8.42 Å². The fourth-order valence-corrected chi connectivity index (χ4v) is 5.59. The van der Waals surface area contributed by atoms with E-state index in [1.165, 1.54) is 6.07 Å². The second-order valence-electron chi connectivity index (χ2n) is 9.30. The van der Waals surface area contributed by atoms with Crippen LogP contribution in [0.5, 0.6) is 5.75 Å². The molecule has 0 unspecified atom stereocenters. The van der Waals surface area contributed by atoms with Crippen molar-refractivity contribution < 1.29 is 16.5 Å². The van der Waals surface area contributed by atoms with E-state index in [0.29, 0.717) is 22.8 Å². The summed E-state index contributed by atoms with van der Waals surface area (Å²) < 4.78 is 41.8. The lowest BCUT2D eigenvalue weighted by Gasteiger charge is -2.31. The Kier molecular flexibility index (Phi) is 5.31. The van der Waals surface area contributed by atoms with E-state index >= 15 is 0 Å². The molecule has 7 nitrogen and oxygen atoms in total. The molecule has 1 fully saturated rings. The number of aryl methyl sites for hydroxylation is 1. The average Bonchev–Trinajstić information content (AvgIpc) is 3.22. The highest BCUT2D eigenvalue weighted by atomic mass is 32.3. The minimum absolute atomic E-state index is 0.0692.